The van der Waals surface area contributed by atoms with Gasteiger partial charge in [0.25, 0.3) is 0 Å². The van der Waals surface area contributed by atoms with Crippen molar-refractivity contribution in [2.24, 2.45) is 0 Å². The number of benzene rings is 2. The summed E-state index contributed by atoms with van der Waals surface area (Å²) in [7, 11) is 0. The van der Waals surface area contributed by atoms with E-state index in [9.17, 15) is 0 Å². The Hall–Kier alpha value is -1.88. The van der Waals surface area contributed by atoms with Crippen LogP contribution < -0.4 is 0 Å². The lowest BCUT2D eigenvalue weighted by Gasteiger charge is -2.26. The number of fused-ring (bicyclic) bond motifs is 1. The van der Waals surface area contributed by atoms with Crippen molar-refractivity contribution in [2.45, 2.75) is 13.0 Å². The molecule has 1 aliphatic heterocycles. The molecule has 0 spiro atoms. The normalized spacial score (nSPS) is 15.7. The van der Waals surface area contributed by atoms with Gasteiger partial charge in [-0.2, -0.15) is 5.10 Å². The first-order chi connectivity index (χ1) is 12.3. The smallest absolute Gasteiger partial charge is 0.100 e. The maximum Gasteiger partial charge on any atom is 0.100 e. The molecular weight excluding hydrogens is 334 g/mol. The highest BCUT2D eigenvalue weighted by atomic mass is 35.5. The minimum atomic E-state index is 0.748. The molecule has 0 atom stereocenters. The summed E-state index contributed by atoms with van der Waals surface area (Å²) < 4.78 is 7.53. The van der Waals surface area contributed by atoms with E-state index < -0.39 is 0 Å². The molecule has 2 heterocycles. The van der Waals surface area contributed by atoms with Gasteiger partial charge >= 0.3 is 0 Å². The highest BCUT2D eigenvalue weighted by molar-refractivity contribution is 6.31. The van der Waals surface area contributed by atoms with Crippen LogP contribution in [0.3, 0.4) is 0 Å². The summed E-state index contributed by atoms with van der Waals surface area (Å²) in [5, 5.41) is 6.76. The van der Waals surface area contributed by atoms with Gasteiger partial charge in [-0.05, 0) is 24.6 Å². The lowest BCUT2D eigenvalue weighted by Crippen LogP contribution is -2.37. The SMILES string of the molecule is Clc1ccc2c(c1)c(-c1ccccc1)nn2CCCN1CCOCC1. The van der Waals surface area contributed by atoms with E-state index in [0.29, 0.717) is 0 Å². The van der Waals surface area contributed by atoms with Gasteiger partial charge in [0.15, 0.2) is 0 Å². The summed E-state index contributed by atoms with van der Waals surface area (Å²) in [6.45, 7) is 5.75. The molecule has 4 nitrogen and oxygen atoms in total. The van der Waals surface area contributed by atoms with E-state index >= 15 is 0 Å². The molecule has 1 aromatic heterocycles. The van der Waals surface area contributed by atoms with E-state index in [2.05, 4.69) is 27.8 Å². The zero-order valence-electron chi connectivity index (χ0n) is 14.2. The molecule has 0 radical (unpaired) electrons. The Kier molecular flexibility index (Phi) is 5.02. The van der Waals surface area contributed by atoms with Crippen molar-refractivity contribution in [3.63, 3.8) is 0 Å². The second-order valence-electron chi connectivity index (χ2n) is 6.41. The summed E-state index contributed by atoms with van der Waals surface area (Å²) in [4.78, 5) is 2.46. The number of halogens is 1. The van der Waals surface area contributed by atoms with Crippen LogP contribution >= 0.6 is 11.6 Å². The van der Waals surface area contributed by atoms with Gasteiger partial charge in [0.2, 0.25) is 0 Å². The summed E-state index contributed by atoms with van der Waals surface area (Å²) in [5.41, 5.74) is 3.27. The van der Waals surface area contributed by atoms with Gasteiger partial charge in [0.1, 0.15) is 5.69 Å². The van der Waals surface area contributed by atoms with Crippen LogP contribution in [0.25, 0.3) is 22.2 Å². The third kappa shape index (κ3) is 3.71. The van der Waals surface area contributed by atoms with Gasteiger partial charge in [-0.1, -0.05) is 41.9 Å². The van der Waals surface area contributed by atoms with Crippen LogP contribution in [-0.4, -0.2) is 47.5 Å². The fourth-order valence-electron chi connectivity index (χ4n) is 3.40. The van der Waals surface area contributed by atoms with Crippen molar-refractivity contribution in [1.82, 2.24) is 14.7 Å². The van der Waals surface area contributed by atoms with Crippen LogP contribution in [0, 0.1) is 0 Å². The second kappa shape index (κ2) is 7.56. The third-order valence-electron chi connectivity index (χ3n) is 4.71. The molecule has 1 saturated heterocycles. The van der Waals surface area contributed by atoms with Crippen molar-refractivity contribution in [2.75, 3.05) is 32.8 Å². The Morgan fingerprint density at radius 1 is 1.00 bits per heavy atom. The van der Waals surface area contributed by atoms with Gasteiger partial charge in [-0.15, -0.1) is 0 Å². The summed E-state index contributed by atoms with van der Waals surface area (Å²) >= 11 is 6.24. The first-order valence-electron chi connectivity index (χ1n) is 8.83. The molecule has 2 aromatic carbocycles. The zero-order chi connectivity index (χ0) is 17.1. The molecule has 3 aromatic rings. The topological polar surface area (TPSA) is 30.3 Å². The molecule has 0 bridgehead atoms. The number of nitrogens with zero attached hydrogens (tertiary/aromatic N) is 3. The molecule has 4 rings (SSSR count). The summed E-state index contributed by atoms with van der Waals surface area (Å²) in [6, 6.07) is 16.3. The number of morpholine rings is 1. The highest BCUT2D eigenvalue weighted by Gasteiger charge is 2.14. The van der Waals surface area contributed by atoms with Crippen LogP contribution in [0.1, 0.15) is 6.42 Å². The third-order valence-corrected chi connectivity index (χ3v) is 4.94. The fourth-order valence-corrected chi connectivity index (χ4v) is 3.57. The molecule has 0 N–H and O–H groups in total. The Labute approximate surface area is 153 Å². The molecule has 0 unspecified atom stereocenters. The van der Waals surface area contributed by atoms with Crippen molar-refractivity contribution in [3.05, 3.63) is 53.6 Å². The van der Waals surface area contributed by atoms with Crippen molar-refractivity contribution in [1.29, 1.82) is 0 Å². The van der Waals surface area contributed by atoms with Crippen LogP contribution in [0.2, 0.25) is 5.02 Å². The molecule has 5 heteroatoms. The van der Waals surface area contributed by atoms with Gasteiger partial charge in [0, 0.05) is 42.2 Å². The maximum absolute atomic E-state index is 6.24. The number of ether oxygens (including phenoxy) is 1. The van der Waals surface area contributed by atoms with Crippen LogP contribution in [0.15, 0.2) is 48.5 Å². The minimum absolute atomic E-state index is 0.748. The van der Waals surface area contributed by atoms with Crippen molar-refractivity contribution < 1.29 is 4.74 Å². The average Bonchev–Trinajstić information content (AvgIpc) is 3.01. The number of aromatic nitrogens is 2. The van der Waals surface area contributed by atoms with Gasteiger partial charge in [-0.25, -0.2) is 0 Å². The van der Waals surface area contributed by atoms with Crippen LogP contribution in [-0.2, 0) is 11.3 Å². The lowest BCUT2D eigenvalue weighted by atomic mass is 10.1. The Balaban J connectivity index is 1.58. The average molecular weight is 356 g/mol. The molecular formula is C20H22ClN3O. The van der Waals surface area contributed by atoms with E-state index in [1.807, 2.05) is 30.3 Å². The molecule has 130 valence electrons. The predicted octanol–water partition coefficient (Wildman–Crippen LogP) is 4.08. The second-order valence-corrected chi connectivity index (χ2v) is 6.84. The first kappa shape index (κ1) is 16.6. The fraction of sp³-hybridized carbons (Fsp3) is 0.350. The number of aryl methyl sites for hydroxylation is 1. The number of hydrogen-bond acceptors (Lipinski definition) is 3. The zero-order valence-corrected chi connectivity index (χ0v) is 15.0. The summed E-state index contributed by atoms with van der Waals surface area (Å²) in [6.07, 6.45) is 1.08. The van der Waals surface area contributed by atoms with Crippen LogP contribution in [0.4, 0.5) is 0 Å². The standard InChI is InChI=1S/C20H22ClN3O/c21-17-7-8-19-18(15-17)20(16-5-2-1-3-6-16)22-24(19)10-4-9-23-11-13-25-14-12-23/h1-3,5-8,15H,4,9-14H2. The van der Waals surface area contributed by atoms with Crippen molar-refractivity contribution in [3.8, 4) is 11.3 Å². The molecule has 1 aliphatic rings. The molecule has 0 amide bonds. The lowest BCUT2D eigenvalue weighted by molar-refractivity contribution is 0.0368. The maximum atomic E-state index is 6.24. The summed E-state index contributed by atoms with van der Waals surface area (Å²) in [5.74, 6) is 0. The van der Waals surface area contributed by atoms with Crippen LogP contribution in [0.5, 0.6) is 0 Å². The number of hydrogen-bond donors (Lipinski definition) is 0. The molecule has 25 heavy (non-hydrogen) atoms. The Bertz CT molecular complexity index is 841. The van der Waals surface area contributed by atoms with E-state index in [1.165, 1.54) is 0 Å². The van der Waals surface area contributed by atoms with Crippen molar-refractivity contribution >= 4 is 22.5 Å². The van der Waals surface area contributed by atoms with Gasteiger partial charge < -0.3 is 4.74 Å². The van der Waals surface area contributed by atoms with E-state index in [-0.39, 0.29) is 0 Å². The monoisotopic (exact) mass is 355 g/mol. The minimum Gasteiger partial charge on any atom is -0.379 e. The van der Waals surface area contributed by atoms with Gasteiger partial charge in [-0.3, -0.25) is 9.58 Å². The largest absolute Gasteiger partial charge is 0.379 e. The first-order valence-corrected chi connectivity index (χ1v) is 9.21. The predicted molar refractivity (Wildman–Crippen MR) is 102 cm³/mol. The Morgan fingerprint density at radius 3 is 2.60 bits per heavy atom. The van der Waals surface area contributed by atoms with E-state index in [1.54, 1.807) is 0 Å². The Morgan fingerprint density at radius 2 is 1.80 bits per heavy atom. The van der Waals surface area contributed by atoms with E-state index in [0.717, 1.165) is 73.0 Å². The molecule has 0 aliphatic carbocycles. The van der Waals surface area contributed by atoms with Gasteiger partial charge in [0.05, 0.1) is 18.7 Å². The van der Waals surface area contributed by atoms with E-state index in [4.69, 9.17) is 21.4 Å². The quantitative estimate of drug-likeness (QED) is 0.690. The molecule has 0 saturated carbocycles. The number of rotatable bonds is 5. The molecule has 1 fully saturated rings. The highest BCUT2D eigenvalue weighted by Crippen LogP contribution is 2.30.